The first-order valence-electron chi connectivity index (χ1n) is 5.84. The van der Waals surface area contributed by atoms with Crippen LogP contribution in [0.5, 0.6) is 0 Å². The summed E-state index contributed by atoms with van der Waals surface area (Å²) in [6.45, 7) is 9.33. The van der Waals surface area contributed by atoms with Crippen LogP contribution in [0.3, 0.4) is 0 Å². The second-order valence-electron chi connectivity index (χ2n) is 4.42. The van der Waals surface area contributed by atoms with Crippen molar-refractivity contribution in [2.24, 2.45) is 5.92 Å². The van der Waals surface area contributed by atoms with Crippen LogP contribution in [-0.2, 0) is 9.84 Å². The molecular weight excluding hydrogens is 210 g/mol. The number of unbranched alkanes of at least 4 members (excludes halogenated alkanes) is 1. The molecule has 0 bridgehead atoms. The molecule has 0 aliphatic carbocycles. The van der Waals surface area contributed by atoms with Gasteiger partial charge in [-0.1, -0.05) is 27.2 Å². The number of nitrogens with one attached hydrogen (secondary N) is 1. The fourth-order valence-corrected chi connectivity index (χ4v) is 2.87. The molecule has 0 aliphatic heterocycles. The minimum absolute atomic E-state index is 0.200. The highest BCUT2D eigenvalue weighted by Crippen LogP contribution is 2.11. The van der Waals surface area contributed by atoms with Crippen LogP contribution in [0.2, 0.25) is 0 Å². The Morgan fingerprint density at radius 1 is 1.13 bits per heavy atom. The maximum Gasteiger partial charge on any atom is 0.154 e. The SMILES string of the molecule is CCCCNCCS(=O)(=O)C(C)C(C)C. The van der Waals surface area contributed by atoms with E-state index in [1.807, 2.05) is 13.8 Å². The fraction of sp³-hybridized carbons (Fsp3) is 1.00. The predicted molar refractivity (Wildman–Crippen MR) is 65.9 cm³/mol. The highest BCUT2D eigenvalue weighted by molar-refractivity contribution is 7.92. The van der Waals surface area contributed by atoms with E-state index in [4.69, 9.17) is 0 Å². The summed E-state index contributed by atoms with van der Waals surface area (Å²) in [5.41, 5.74) is 0. The molecule has 1 N–H and O–H groups in total. The van der Waals surface area contributed by atoms with E-state index < -0.39 is 9.84 Å². The quantitative estimate of drug-likeness (QED) is 0.653. The molecule has 4 heteroatoms. The van der Waals surface area contributed by atoms with Crippen molar-refractivity contribution in [1.82, 2.24) is 5.32 Å². The first-order valence-corrected chi connectivity index (χ1v) is 7.55. The summed E-state index contributed by atoms with van der Waals surface area (Å²) >= 11 is 0. The molecule has 0 amide bonds. The topological polar surface area (TPSA) is 46.2 Å². The van der Waals surface area contributed by atoms with Crippen LogP contribution in [0, 0.1) is 5.92 Å². The van der Waals surface area contributed by atoms with E-state index in [1.165, 1.54) is 0 Å². The van der Waals surface area contributed by atoms with E-state index in [1.54, 1.807) is 6.92 Å². The summed E-state index contributed by atoms with van der Waals surface area (Å²) in [6, 6.07) is 0. The zero-order valence-corrected chi connectivity index (χ0v) is 11.2. The monoisotopic (exact) mass is 235 g/mol. The van der Waals surface area contributed by atoms with E-state index in [0.29, 0.717) is 6.54 Å². The van der Waals surface area contributed by atoms with E-state index in [2.05, 4.69) is 12.2 Å². The number of hydrogen-bond acceptors (Lipinski definition) is 3. The van der Waals surface area contributed by atoms with Gasteiger partial charge in [0.2, 0.25) is 0 Å². The first kappa shape index (κ1) is 14.9. The molecule has 0 rings (SSSR count). The van der Waals surface area contributed by atoms with Crippen molar-refractivity contribution in [2.75, 3.05) is 18.8 Å². The highest BCUT2D eigenvalue weighted by Gasteiger charge is 2.22. The largest absolute Gasteiger partial charge is 0.316 e. The summed E-state index contributed by atoms with van der Waals surface area (Å²) in [5, 5.41) is 2.93. The number of sulfone groups is 1. The normalized spacial score (nSPS) is 14.5. The molecule has 0 saturated heterocycles. The van der Waals surface area contributed by atoms with Crippen molar-refractivity contribution in [3.63, 3.8) is 0 Å². The summed E-state index contributed by atoms with van der Waals surface area (Å²) in [6.07, 6.45) is 2.25. The Balaban J connectivity index is 3.85. The molecule has 0 saturated carbocycles. The van der Waals surface area contributed by atoms with Crippen molar-refractivity contribution in [3.05, 3.63) is 0 Å². The molecule has 0 aromatic rings. The summed E-state index contributed by atoms with van der Waals surface area (Å²) in [7, 11) is -2.91. The standard InChI is InChI=1S/C11H25NO2S/c1-5-6-7-12-8-9-15(13,14)11(4)10(2)3/h10-12H,5-9H2,1-4H3. The molecular formula is C11H25NO2S. The molecule has 0 aromatic carbocycles. The number of rotatable bonds is 8. The predicted octanol–water partition coefficient (Wildman–Crippen LogP) is 1.84. The Morgan fingerprint density at radius 2 is 1.73 bits per heavy atom. The van der Waals surface area contributed by atoms with Gasteiger partial charge in [-0.2, -0.15) is 0 Å². The first-order chi connectivity index (χ1) is 6.91. The molecule has 0 aliphatic rings. The van der Waals surface area contributed by atoms with Gasteiger partial charge in [0.05, 0.1) is 11.0 Å². The summed E-state index contributed by atoms with van der Waals surface area (Å²) in [5.74, 6) is 0.460. The Hall–Kier alpha value is -0.0900. The van der Waals surface area contributed by atoms with E-state index in [-0.39, 0.29) is 16.9 Å². The maximum atomic E-state index is 11.8. The summed E-state index contributed by atoms with van der Waals surface area (Å²) in [4.78, 5) is 0. The van der Waals surface area contributed by atoms with Crippen molar-refractivity contribution in [3.8, 4) is 0 Å². The molecule has 0 spiro atoms. The Morgan fingerprint density at radius 3 is 2.20 bits per heavy atom. The average molecular weight is 235 g/mol. The second-order valence-corrected chi connectivity index (χ2v) is 6.90. The minimum Gasteiger partial charge on any atom is -0.316 e. The van der Waals surface area contributed by atoms with Crippen LogP contribution >= 0.6 is 0 Å². The molecule has 1 unspecified atom stereocenters. The lowest BCUT2D eigenvalue weighted by Gasteiger charge is -2.16. The van der Waals surface area contributed by atoms with Crippen molar-refractivity contribution in [1.29, 1.82) is 0 Å². The van der Waals surface area contributed by atoms with Gasteiger partial charge in [-0.15, -0.1) is 0 Å². The van der Waals surface area contributed by atoms with Gasteiger partial charge in [0, 0.05) is 6.54 Å². The second kappa shape index (κ2) is 7.23. The maximum absolute atomic E-state index is 11.8. The van der Waals surface area contributed by atoms with Crippen molar-refractivity contribution >= 4 is 9.84 Å². The molecule has 3 nitrogen and oxygen atoms in total. The van der Waals surface area contributed by atoms with Crippen LogP contribution in [0.1, 0.15) is 40.5 Å². The van der Waals surface area contributed by atoms with Gasteiger partial charge in [-0.25, -0.2) is 8.42 Å². The Labute approximate surface area is 94.6 Å². The van der Waals surface area contributed by atoms with Crippen molar-refractivity contribution < 1.29 is 8.42 Å². The van der Waals surface area contributed by atoms with E-state index in [0.717, 1.165) is 19.4 Å². The zero-order valence-electron chi connectivity index (χ0n) is 10.4. The Bertz CT molecular complexity index is 247. The smallest absolute Gasteiger partial charge is 0.154 e. The van der Waals surface area contributed by atoms with Gasteiger partial charge in [-0.3, -0.25) is 0 Å². The third-order valence-electron chi connectivity index (χ3n) is 2.78. The van der Waals surface area contributed by atoms with Gasteiger partial charge in [0.25, 0.3) is 0 Å². The molecule has 0 fully saturated rings. The third-order valence-corrected chi connectivity index (χ3v) is 5.23. The molecule has 15 heavy (non-hydrogen) atoms. The highest BCUT2D eigenvalue weighted by atomic mass is 32.2. The van der Waals surface area contributed by atoms with Gasteiger partial charge in [0.1, 0.15) is 0 Å². The minimum atomic E-state index is -2.91. The van der Waals surface area contributed by atoms with Gasteiger partial charge in [0.15, 0.2) is 9.84 Å². The molecule has 0 aromatic heterocycles. The van der Waals surface area contributed by atoms with Gasteiger partial charge < -0.3 is 5.32 Å². The van der Waals surface area contributed by atoms with Gasteiger partial charge >= 0.3 is 0 Å². The lowest BCUT2D eigenvalue weighted by molar-refractivity contribution is 0.542. The number of hydrogen-bond donors (Lipinski definition) is 1. The zero-order chi connectivity index (χ0) is 11.9. The van der Waals surface area contributed by atoms with Crippen molar-refractivity contribution in [2.45, 2.75) is 45.8 Å². The fourth-order valence-electron chi connectivity index (χ4n) is 1.24. The molecule has 1 atom stereocenters. The van der Waals surface area contributed by atoms with Crippen LogP contribution in [0.25, 0.3) is 0 Å². The third kappa shape index (κ3) is 6.15. The molecule has 0 radical (unpaired) electrons. The summed E-state index contributed by atoms with van der Waals surface area (Å²) < 4.78 is 23.5. The van der Waals surface area contributed by atoms with Gasteiger partial charge in [-0.05, 0) is 25.8 Å². The Kier molecular flexibility index (Phi) is 7.18. The lowest BCUT2D eigenvalue weighted by Crippen LogP contribution is -2.31. The van der Waals surface area contributed by atoms with Crippen LogP contribution < -0.4 is 5.32 Å². The van der Waals surface area contributed by atoms with E-state index >= 15 is 0 Å². The van der Waals surface area contributed by atoms with E-state index in [9.17, 15) is 8.42 Å². The van der Waals surface area contributed by atoms with Crippen LogP contribution in [0.4, 0.5) is 0 Å². The average Bonchev–Trinajstić information content (AvgIpc) is 2.16. The van der Waals surface area contributed by atoms with Crippen LogP contribution in [0.15, 0.2) is 0 Å². The molecule has 92 valence electrons. The lowest BCUT2D eigenvalue weighted by atomic mass is 10.2. The molecule has 0 heterocycles. The van der Waals surface area contributed by atoms with Crippen LogP contribution in [-0.4, -0.2) is 32.5 Å².